The van der Waals surface area contributed by atoms with Gasteiger partial charge in [0.25, 0.3) is 0 Å². The van der Waals surface area contributed by atoms with E-state index in [1.807, 2.05) is 6.20 Å². The van der Waals surface area contributed by atoms with E-state index >= 15 is 0 Å². The van der Waals surface area contributed by atoms with E-state index in [-0.39, 0.29) is 18.6 Å². The fourth-order valence-corrected chi connectivity index (χ4v) is 2.38. The molecule has 1 aliphatic rings. The average molecular weight is 317 g/mol. The Hall–Kier alpha value is -0.880. The summed E-state index contributed by atoms with van der Waals surface area (Å²) in [7, 11) is 0. The van der Waals surface area contributed by atoms with Gasteiger partial charge < -0.3 is 9.47 Å². The van der Waals surface area contributed by atoms with Crippen LogP contribution in [0, 0.1) is 0 Å². The molecule has 1 aliphatic heterocycles. The summed E-state index contributed by atoms with van der Waals surface area (Å²) >= 11 is 3.42. The average Bonchev–Trinajstić information content (AvgIpc) is 2.72. The van der Waals surface area contributed by atoms with E-state index in [0.717, 1.165) is 30.3 Å². The predicted octanol–water partition coefficient (Wildman–Crippen LogP) is 2.45. The molecule has 100 valence electrons. The number of hydrogen-bond donors (Lipinski definition) is 0. The van der Waals surface area contributed by atoms with Gasteiger partial charge in [-0.1, -0.05) is 0 Å². The molecular formula is C12H17BrN2O3. The third-order valence-electron chi connectivity index (χ3n) is 2.83. The van der Waals surface area contributed by atoms with Crippen LogP contribution in [-0.2, 0) is 20.7 Å². The number of hydrogen-bond acceptors (Lipinski definition) is 4. The molecule has 0 spiro atoms. The van der Waals surface area contributed by atoms with E-state index in [2.05, 4.69) is 21.0 Å². The number of ether oxygens (including phenoxy) is 2. The normalized spacial score (nSPS) is 19.8. The van der Waals surface area contributed by atoms with Gasteiger partial charge >= 0.3 is 5.97 Å². The van der Waals surface area contributed by atoms with Crippen molar-refractivity contribution in [3.8, 4) is 0 Å². The molecule has 0 bridgehead atoms. The molecule has 0 amide bonds. The zero-order chi connectivity index (χ0) is 13.0. The Kier molecular flexibility index (Phi) is 4.77. The minimum Gasteiger partial charge on any atom is -0.466 e. The van der Waals surface area contributed by atoms with Crippen molar-refractivity contribution in [1.29, 1.82) is 0 Å². The molecule has 6 heteroatoms. The second-order valence-electron chi connectivity index (χ2n) is 4.21. The highest BCUT2D eigenvalue weighted by atomic mass is 79.9. The lowest BCUT2D eigenvalue weighted by Crippen LogP contribution is -2.19. The molecule has 1 aromatic rings. The summed E-state index contributed by atoms with van der Waals surface area (Å²) in [6.07, 6.45) is 5.27. The Morgan fingerprint density at radius 1 is 1.67 bits per heavy atom. The van der Waals surface area contributed by atoms with Crippen LogP contribution in [0.1, 0.15) is 38.1 Å². The molecule has 1 saturated heterocycles. The Labute approximate surface area is 115 Å². The largest absolute Gasteiger partial charge is 0.466 e. The Bertz CT molecular complexity index is 413. The molecule has 1 unspecified atom stereocenters. The highest BCUT2D eigenvalue weighted by Gasteiger charge is 2.19. The van der Waals surface area contributed by atoms with E-state index in [1.165, 1.54) is 0 Å². The number of rotatable bonds is 4. The molecule has 1 fully saturated rings. The number of esters is 1. The third kappa shape index (κ3) is 3.32. The lowest BCUT2D eigenvalue weighted by molar-refractivity contribution is -0.142. The fourth-order valence-electron chi connectivity index (χ4n) is 1.96. The maximum Gasteiger partial charge on any atom is 0.311 e. The van der Waals surface area contributed by atoms with Crippen LogP contribution in [0.4, 0.5) is 0 Å². The summed E-state index contributed by atoms with van der Waals surface area (Å²) in [5.41, 5.74) is 0.697. The van der Waals surface area contributed by atoms with Crippen LogP contribution in [0.3, 0.4) is 0 Å². The highest BCUT2D eigenvalue weighted by Crippen LogP contribution is 2.25. The van der Waals surface area contributed by atoms with Crippen molar-refractivity contribution in [3.05, 3.63) is 16.4 Å². The first-order valence-corrected chi connectivity index (χ1v) is 7.00. The summed E-state index contributed by atoms with van der Waals surface area (Å²) < 4.78 is 13.2. The van der Waals surface area contributed by atoms with Crippen molar-refractivity contribution >= 4 is 21.9 Å². The van der Waals surface area contributed by atoms with Crippen molar-refractivity contribution in [1.82, 2.24) is 9.78 Å². The first kappa shape index (κ1) is 13.5. The molecule has 0 aromatic carbocycles. The minimum atomic E-state index is -0.256. The van der Waals surface area contributed by atoms with Crippen molar-refractivity contribution in [2.75, 3.05) is 13.2 Å². The zero-order valence-electron chi connectivity index (χ0n) is 10.4. The van der Waals surface area contributed by atoms with Gasteiger partial charge in [0.2, 0.25) is 0 Å². The monoisotopic (exact) mass is 316 g/mol. The molecule has 2 rings (SSSR count). The van der Waals surface area contributed by atoms with Crippen molar-refractivity contribution in [2.45, 2.75) is 38.8 Å². The van der Waals surface area contributed by atoms with Crippen molar-refractivity contribution in [3.63, 3.8) is 0 Å². The van der Waals surface area contributed by atoms with Crippen molar-refractivity contribution in [2.24, 2.45) is 0 Å². The maximum absolute atomic E-state index is 11.4. The zero-order valence-corrected chi connectivity index (χ0v) is 12.0. The molecule has 0 saturated carbocycles. The second kappa shape index (κ2) is 6.33. The molecule has 0 N–H and O–H groups in total. The number of nitrogens with zero attached hydrogens (tertiary/aromatic N) is 2. The van der Waals surface area contributed by atoms with E-state index in [4.69, 9.17) is 9.47 Å². The number of aromatic nitrogens is 2. The van der Waals surface area contributed by atoms with Gasteiger partial charge in [0, 0.05) is 12.8 Å². The Morgan fingerprint density at radius 2 is 2.50 bits per heavy atom. The quantitative estimate of drug-likeness (QED) is 0.801. The number of carbonyl (C=O) groups excluding carboxylic acids is 1. The Balaban J connectivity index is 2.03. The van der Waals surface area contributed by atoms with E-state index < -0.39 is 0 Å². The van der Waals surface area contributed by atoms with Crippen LogP contribution >= 0.6 is 15.9 Å². The van der Waals surface area contributed by atoms with Gasteiger partial charge in [-0.05, 0) is 42.1 Å². The molecule has 5 nitrogen and oxygen atoms in total. The highest BCUT2D eigenvalue weighted by molar-refractivity contribution is 9.10. The molecule has 0 radical (unpaired) electrons. The first-order valence-electron chi connectivity index (χ1n) is 6.21. The first-order chi connectivity index (χ1) is 8.70. The summed E-state index contributed by atoms with van der Waals surface area (Å²) in [5, 5.41) is 4.40. The summed E-state index contributed by atoms with van der Waals surface area (Å²) in [5.74, 6) is -0.256. The van der Waals surface area contributed by atoms with Gasteiger partial charge in [-0.2, -0.15) is 5.10 Å². The number of carbonyl (C=O) groups is 1. The van der Waals surface area contributed by atoms with E-state index in [0.29, 0.717) is 12.3 Å². The second-order valence-corrected chi connectivity index (χ2v) is 5.06. The van der Waals surface area contributed by atoms with Gasteiger partial charge in [0.05, 0.1) is 23.2 Å². The van der Waals surface area contributed by atoms with Crippen LogP contribution in [-0.4, -0.2) is 29.0 Å². The van der Waals surface area contributed by atoms with Gasteiger partial charge in [0.1, 0.15) is 6.23 Å². The standard InChI is InChI=1S/C12H17BrN2O3/c1-2-17-12(16)7-10-9(13)8-15(14-10)11-5-3-4-6-18-11/h8,11H,2-7H2,1H3. The van der Waals surface area contributed by atoms with Crippen LogP contribution < -0.4 is 0 Å². The predicted molar refractivity (Wildman–Crippen MR) is 69.1 cm³/mol. The van der Waals surface area contributed by atoms with Crippen LogP contribution in [0.15, 0.2) is 10.7 Å². The molecule has 1 atom stereocenters. The van der Waals surface area contributed by atoms with E-state index in [9.17, 15) is 4.79 Å². The van der Waals surface area contributed by atoms with Gasteiger partial charge in [-0.3, -0.25) is 4.79 Å². The lowest BCUT2D eigenvalue weighted by atomic mass is 10.2. The molecular weight excluding hydrogens is 300 g/mol. The van der Waals surface area contributed by atoms with Crippen molar-refractivity contribution < 1.29 is 14.3 Å². The smallest absolute Gasteiger partial charge is 0.311 e. The molecule has 2 heterocycles. The van der Waals surface area contributed by atoms with Gasteiger partial charge in [0.15, 0.2) is 0 Å². The van der Waals surface area contributed by atoms with Gasteiger partial charge in [-0.15, -0.1) is 0 Å². The van der Waals surface area contributed by atoms with E-state index in [1.54, 1.807) is 11.6 Å². The Morgan fingerprint density at radius 3 is 3.17 bits per heavy atom. The third-order valence-corrected chi connectivity index (χ3v) is 3.49. The fraction of sp³-hybridized carbons (Fsp3) is 0.667. The lowest BCUT2D eigenvalue weighted by Gasteiger charge is -2.22. The SMILES string of the molecule is CCOC(=O)Cc1nn(C2CCCCO2)cc1Br. The summed E-state index contributed by atoms with van der Waals surface area (Å²) in [6.45, 7) is 2.96. The van der Waals surface area contributed by atoms with Crippen LogP contribution in [0.5, 0.6) is 0 Å². The van der Waals surface area contributed by atoms with Gasteiger partial charge in [-0.25, -0.2) is 4.68 Å². The molecule has 1 aromatic heterocycles. The minimum absolute atomic E-state index is 0.00834. The number of halogens is 1. The maximum atomic E-state index is 11.4. The van der Waals surface area contributed by atoms with Crippen LogP contribution in [0.25, 0.3) is 0 Å². The summed E-state index contributed by atoms with van der Waals surface area (Å²) in [6, 6.07) is 0. The topological polar surface area (TPSA) is 53.3 Å². The summed E-state index contributed by atoms with van der Waals surface area (Å²) in [4.78, 5) is 11.4. The molecule has 0 aliphatic carbocycles. The van der Waals surface area contributed by atoms with Crippen LogP contribution in [0.2, 0.25) is 0 Å². The molecule has 18 heavy (non-hydrogen) atoms.